The van der Waals surface area contributed by atoms with Crippen molar-refractivity contribution in [3.63, 3.8) is 0 Å². The largest absolute Gasteiger partial charge is 0.468 e. The summed E-state index contributed by atoms with van der Waals surface area (Å²) in [5.41, 5.74) is 0. The third-order valence-corrected chi connectivity index (χ3v) is 3.07. The highest BCUT2D eigenvalue weighted by Gasteiger charge is 2.40. The lowest BCUT2D eigenvalue weighted by atomic mass is 10.1. The van der Waals surface area contributed by atoms with Gasteiger partial charge in [-0.3, -0.25) is 9.69 Å². The molecule has 0 aromatic carbocycles. The molecular weight excluding hydrogens is 154 g/mol. The molecule has 0 aliphatic carbocycles. The average Bonchev–Trinajstić information content (AvgIpc) is 2.62. The van der Waals surface area contributed by atoms with E-state index in [0.717, 1.165) is 13.0 Å². The van der Waals surface area contributed by atoms with E-state index in [-0.39, 0.29) is 12.0 Å². The van der Waals surface area contributed by atoms with Crippen LogP contribution in [0.15, 0.2) is 0 Å². The van der Waals surface area contributed by atoms with Crippen LogP contribution in [0.2, 0.25) is 0 Å². The molecule has 0 aromatic rings. The van der Waals surface area contributed by atoms with Crippen molar-refractivity contribution in [3.8, 4) is 0 Å². The highest BCUT2D eigenvalue weighted by molar-refractivity contribution is 5.76. The van der Waals surface area contributed by atoms with E-state index in [9.17, 15) is 4.79 Å². The molecule has 2 aliphatic heterocycles. The Morgan fingerprint density at radius 3 is 3.00 bits per heavy atom. The van der Waals surface area contributed by atoms with Gasteiger partial charge in [0.05, 0.1) is 7.11 Å². The van der Waals surface area contributed by atoms with Gasteiger partial charge < -0.3 is 4.74 Å². The molecule has 0 radical (unpaired) electrons. The van der Waals surface area contributed by atoms with E-state index < -0.39 is 0 Å². The second kappa shape index (κ2) is 3.05. The summed E-state index contributed by atoms with van der Waals surface area (Å²) in [6.07, 6.45) is 4.70. The van der Waals surface area contributed by atoms with Gasteiger partial charge in [-0.1, -0.05) is 0 Å². The Balaban J connectivity index is 2.04. The second-order valence-corrected chi connectivity index (χ2v) is 3.65. The van der Waals surface area contributed by atoms with Gasteiger partial charge in [-0.25, -0.2) is 0 Å². The maximum Gasteiger partial charge on any atom is 0.323 e. The van der Waals surface area contributed by atoms with Crippen LogP contribution < -0.4 is 0 Å². The third kappa shape index (κ3) is 1.12. The van der Waals surface area contributed by atoms with E-state index >= 15 is 0 Å². The van der Waals surface area contributed by atoms with Crippen LogP contribution in [0.4, 0.5) is 0 Å². The van der Waals surface area contributed by atoms with Gasteiger partial charge in [-0.2, -0.15) is 0 Å². The smallest absolute Gasteiger partial charge is 0.323 e. The zero-order chi connectivity index (χ0) is 8.55. The van der Waals surface area contributed by atoms with Gasteiger partial charge in [0.1, 0.15) is 6.04 Å². The monoisotopic (exact) mass is 169 g/mol. The molecule has 2 saturated heterocycles. The van der Waals surface area contributed by atoms with Crippen molar-refractivity contribution in [2.45, 2.75) is 37.8 Å². The van der Waals surface area contributed by atoms with Crippen LogP contribution >= 0.6 is 0 Å². The van der Waals surface area contributed by atoms with Crippen molar-refractivity contribution in [2.75, 3.05) is 13.7 Å². The zero-order valence-electron chi connectivity index (χ0n) is 7.45. The number of rotatable bonds is 1. The fraction of sp³-hybridized carbons (Fsp3) is 0.889. The minimum atomic E-state index is -0.0422. The summed E-state index contributed by atoms with van der Waals surface area (Å²) in [6.45, 7) is 1.09. The van der Waals surface area contributed by atoms with Gasteiger partial charge in [0, 0.05) is 6.04 Å². The number of carbonyl (C=O) groups excluding carboxylic acids is 1. The molecular formula is C9H15NO2. The Morgan fingerprint density at radius 2 is 2.25 bits per heavy atom. The highest BCUT2D eigenvalue weighted by atomic mass is 16.5. The van der Waals surface area contributed by atoms with Crippen LogP contribution in [0.25, 0.3) is 0 Å². The van der Waals surface area contributed by atoms with E-state index in [2.05, 4.69) is 4.90 Å². The summed E-state index contributed by atoms with van der Waals surface area (Å²) >= 11 is 0. The molecule has 0 N–H and O–H groups in total. The fourth-order valence-electron chi connectivity index (χ4n) is 2.48. The number of ether oxygens (including phenoxy) is 1. The van der Waals surface area contributed by atoms with Crippen molar-refractivity contribution >= 4 is 5.97 Å². The average molecular weight is 169 g/mol. The Hall–Kier alpha value is -0.570. The zero-order valence-corrected chi connectivity index (χ0v) is 7.45. The quantitative estimate of drug-likeness (QED) is 0.543. The van der Waals surface area contributed by atoms with Crippen LogP contribution in [-0.2, 0) is 9.53 Å². The molecule has 68 valence electrons. The first-order valence-corrected chi connectivity index (χ1v) is 4.66. The number of hydrogen-bond acceptors (Lipinski definition) is 3. The number of carbonyl (C=O) groups is 1. The first-order valence-electron chi connectivity index (χ1n) is 4.66. The summed E-state index contributed by atoms with van der Waals surface area (Å²) in [4.78, 5) is 13.6. The van der Waals surface area contributed by atoms with Crippen molar-refractivity contribution in [1.82, 2.24) is 4.90 Å². The van der Waals surface area contributed by atoms with Gasteiger partial charge >= 0.3 is 5.97 Å². The highest BCUT2D eigenvalue weighted by Crippen LogP contribution is 2.32. The predicted octanol–water partition coefficient (Wildman–Crippen LogP) is 0.786. The SMILES string of the molecule is COC(=O)[C@@H]1CC[C@@H]2CCCN21. The molecule has 2 atom stereocenters. The first kappa shape index (κ1) is 8.05. The summed E-state index contributed by atoms with van der Waals surface area (Å²) < 4.78 is 4.76. The molecule has 0 spiro atoms. The summed E-state index contributed by atoms with van der Waals surface area (Å²) in [5, 5.41) is 0. The standard InChI is InChI=1S/C9H15NO2/c1-12-9(11)8-5-4-7-3-2-6-10(7)8/h7-8H,2-6H2,1H3/t7-,8-/m0/s1. The lowest BCUT2D eigenvalue weighted by molar-refractivity contribution is -0.145. The second-order valence-electron chi connectivity index (χ2n) is 3.65. The number of methoxy groups -OCH3 is 1. The maximum absolute atomic E-state index is 11.3. The minimum Gasteiger partial charge on any atom is -0.468 e. The molecule has 12 heavy (non-hydrogen) atoms. The van der Waals surface area contributed by atoms with Crippen LogP contribution in [0.3, 0.4) is 0 Å². The molecule has 2 rings (SSSR count). The topological polar surface area (TPSA) is 29.5 Å². The Morgan fingerprint density at radius 1 is 1.42 bits per heavy atom. The van der Waals surface area contributed by atoms with Gasteiger partial charge in [0.2, 0.25) is 0 Å². The Kier molecular flexibility index (Phi) is 2.05. The van der Waals surface area contributed by atoms with Crippen molar-refractivity contribution in [3.05, 3.63) is 0 Å². The lowest BCUT2D eigenvalue weighted by Crippen LogP contribution is -2.37. The number of fused-ring (bicyclic) bond motifs is 1. The van der Waals surface area contributed by atoms with Crippen LogP contribution in [0.5, 0.6) is 0 Å². The van der Waals surface area contributed by atoms with E-state index in [1.165, 1.54) is 26.4 Å². The maximum atomic E-state index is 11.3. The van der Waals surface area contributed by atoms with Crippen molar-refractivity contribution < 1.29 is 9.53 Å². The normalized spacial score (nSPS) is 35.1. The fourth-order valence-corrected chi connectivity index (χ4v) is 2.48. The van der Waals surface area contributed by atoms with E-state index in [1.54, 1.807) is 0 Å². The van der Waals surface area contributed by atoms with Crippen LogP contribution in [0.1, 0.15) is 25.7 Å². The summed E-state index contributed by atoms with van der Waals surface area (Å²) in [5.74, 6) is -0.0422. The van der Waals surface area contributed by atoms with Gasteiger partial charge in [0.25, 0.3) is 0 Å². The molecule has 0 aromatic heterocycles. The van der Waals surface area contributed by atoms with Crippen LogP contribution in [0, 0.1) is 0 Å². The van der Waals surface area contributed by atoms with E-state index in [1.807, 2.05) is 0 Å². The summed E-state index contributed by atoms with van der Waals surface area (Å²) in [7, 11) is 1.48. The van der Waals surface area contributed by atoms with Crippen molar-refractivity contribution in [2.24, 2.45) is 0 Å². The Labute approximate surface area is 72.7 Å². The molecule has 2 aliphatic rings. The molecule has 0 saturated carbocycles. The summed E-state index contributed by atoms with van der Waals surface area (Å²) in [6, 6.07) is 0.747. The molecule has 0 amide bonds. The van der Waals surface area contributed by atoms with Gasteiger partial charge in [-0.05, 0) is 32.2 Å². The third-order valence-electron chi connectivity index (χ3n) is 3.07. The van der Waals surface area contributed by atoms with E-state index in [0.29, 0.717) is 6.04 Å². The Bertz CT molecular complexity index is 193. The number of esters is 1. The van der Waals surface area contributed by atoms with Crippen LogP contribution in [-0.4, -0.2) is 36.6 Å². The molecule has 2 heterocycles. The number of nitrogens with zero attached hydrogens (tertiary/aromatic N) is 1. The number of hydrogen-bond donors (Lipinski definition) is 0. The van der Waals surface area contributed by atoms with Gasteiger partial charge in [-0.15, -0.1) is 0 Å². The predicted molar refractivity (Wildman–Crippen MR) is 44.8 cm³/mol. The molecule has 0 unspecified atom stereocenters. The lowest BCUT2D eigenvalue weighted by Gasteiger charge is -2.20. The minimum absolute atomic E-state index is 0.0422. The first-order chi connectivity index (χ1) is 5.83. The van der Waals surface area contributed by atoms with Crippen molar-refractivity contribution in [1.29, 1.82) is 0 Å². The molecule has 2 fully saturated rings. The molecule has 0 bridgehead atoms. The molecule has 3 nitrogen and oxygen atoms in total. The van der Waals surface area contributed by atoms with E-state index in [4.69, 9.17) is 4.74 Å². The van der Waals surface area contributed by atoms with Gasteiger partial charge in [0.15, 0.2) is 0 Å². The molecule has 3 heteroatoms.